The summed E-state index contributed by atoms with van der Waals surface area (Å²) in [6, 6.07) is 10.8. The Morgan fingerprint density at radius 3 is 2.61 bits per heavy atom. The average molecular weight is 535 g/mol. The van der Waals surface area contributed by atoms with E-state index in [2.05, 4.69) is 66.6 Å². The fourth-order valence-electron chi connectivity index (χ4n) is 5.72. The number of fused-ring (bicyclic) bond motifs is 1. The zero-order valence-corrected chi connectivity index (χ0v) is 24.1. The number of ether oxygens (including phenoxy) is 1. The zero-order chi connectivity index (χ0) is 26.7. The van der Waals surface area contributed by atoms with E-state index in [0.717, 1.165) is 57.7 Å². The summed E-state index contributed by atoms with van der Waals surface area (Å²) in [4.78, 5) is 19.5. The number of aromatic nitrogens is 2. The van der Waals surface area contributed by atoms with Gasteiger partial charge in [0.05, 0.1) is 16.8 Å². The van der Waals surface area contributed by atoms with E-state index in [0.29, 0.717) is 19.1 Å². The number of hydrogen-bond donors (Lipinski definition) is 2. The number of amides is 1. The van der Waals surface area contributed by atoms with Crippen LogP contribution in [0.1, 0.15) is 81.8 Å². The van der Waals surface area contributed by atoms with E-state index in [1.165, 1.54) is 32.1 Å². The van der Waals surface area contributed by atoms with Gasteiger partial charge in [0.15, 0.2) is 0 Å². The average Bonchev–Trinajstić information content (AvgIpc) is 3.23. The van der Waals surface area contributed by atoms with Gasteiger partial charge in [-0.3, -0.25) is 14.5 Å². The lowest BCUT2D eigenvalue weighted by Gasteiger charge is -2.25. The molecule has 0 unspecified atom stereocenters. The summed E-state index contributed by atoms with van der Waals surface area (Å²) in [7, 11) is 0. The van der Waals surface area contributed by atoms with Crippen LogP contribution in [0, 0.1) is 12.8 Å². The number of nitrogens with zero attached hydrogens (tertiary/aromatic N) is 2. The van der Waals surface area contributed by atoms with Gasteiger partial charge in [0.1, 0.15) is 0 Å². The molecule has 6 nitrogen and oxygen atoms in total. The molecule has 3 heterocycles. The number of nitrogens with one attached hydrogen (secondary N) is 2. The second-order valence-electron chi connectivity index (χ2n) is 12.0. The summed E-state index contributed by atoms with van der Waals surface area (Å²) in [5, 5.41) is 4.42. The van der Waals surface area contributed by atoms with Crippen LogP contribution in [0.3, 0.4) is 0 Å². The molecule has 2 N–H and O–H groups in total. The van der Waals surface area contributed by atoms with Gasteiger partial charge in [-0.25, -0.2) is 0 Å². The predicted molar refractivity (Wildman–Crippen MR) is 157 cm³/mol. The monoisotopic (exact) mass is 534 g/mol. The molecule has 0 atom stereocenters. The Balaban J connectivity index is 1.55. The lowest BCUT2D eigenvalue weighted by atomic mass is 9.89. The molecule has 1 aliphatic carbocycles. The minimum atomic E-state index is -0.00357. The smallest absolute Gasteiger partial charge is 0.253 e. The highest BCUT2D eigenvalue weighted by molar-refractivity contribution is 7.97. The van der Waals surface area contributed by atoms with Crippen molar-refractivity contribution in [2.24, 2.45) is 5.92 Å². The second kappa shape index (κ2) is 11.8. The van der Waals surface area contributed by atoms with Gasteiger partial charge in [-0.1, -0.05) is 25.3 Å². The Bertz CT molecular complexity index is 1270. The minimum absolute atomic E-state index is 0.00357. The number of hydrogen-bond acceptors (Lipinski definition) is 5. The maximum Gasteiger partial charge on any atom is 0.253 e. The van der Waals surface area contributed by atoms with Crippen LogP contribution in [-0.4, -0.2) is 40.3 Å². The topological polar surface area (TPSA) is 68.2 Å². The van der Waals surface area contributed by atoms with E-state index in [1.54, 1.807) is 11.9 Å². The van der Waals surface area contributed by atoms with Crippen molar-refractivity contribution in [3.63, 3.8) is 0 Å². The van der Waals surface area contributed by atoms with Crippen LogP contribution in [0.15, 0.2) is 41.4 Å². The lowest BCUT2D eigenvalue weighted by Crippen LogP contribution is -2.39. The molecule has 0 radical (unpaired) electrons. The summed E-state index contributed by atoms with van der Waals surface area (Å²) >= 11 is 1.65. The minimum Gasteiger partial charge on any atom is -0.381 e. The molecule has 2 aromatic heterocycles. The summed E-state index contributed by atoms with van der Waals surface area (Å²) in [5.41, 5.74) is 4.98. The molecule has 3 aromatic rings. The molecule has 7 heteroatoms. The first-order valence-electron chi connectivity index (χ1n) is 14.2. The van der Waals surface area contributed by atoms with Crippen molar-refractivity contribution >= 4 is 28.8 Å². The Hall–Kier alpha value is -2.35. The van der Waals surface area contributed by atoms with Crippen LogP contribution in [0.25, 0.3) is 22.2 Å². The van der Waals surface area contributed by atoms with Gasteiger partial charge >= 0.3 is 0 Å². The van der Waals surface area contributed by atoms with Crippen LogP contribution in [-0.2, 0) is 11.3 Å². The van der Waals surface area contributed by atoms with Gasteiger partial charge in [0, 0.05) is 59.1 Å². The first kappa shape index (κ1) is 27.2. The number of pyridine rings is 1. The first-order valence-corrected chi connectivity index (χ1v) is 15.0. The van der Waals surface area contributed by atoms with Crippen LogP contribution < -0.4 is 10.0 Å². The van der Waals surface area contributed by atoms with Crippen molar-refractivity contribution in [1.82, 2.24) is 19.6 Å². The Labute approximate surface area is 231 Å². The van der Waals surface area contributed by atoms with E-state index in [4.69, 9.17) is 9.72 Å². The molecule has 38 heavy (non-hydrogen) atoms. The molecule has 204 valence electrons. The molecule has 1 saturated carbocycles. The van der Waals surface area contributed by atoms with Crippen molar-refractivity contribution in [2.45, 2.75) is 95.7 Å². The van der Waals surface area contributed by atoms with Gasteiger partial charge in [-0.05, 0) is 95.5 Å². The number of benzene rings is 1. The van der Waals surface area contributed by atoms with Crippen LogP contribution in [0.4, 0.5) is 0 Å². The van der Waals surface area contributed by atoms with Crippen LogP contribution >= 0.6 is 11.9 Å². The molecule has 5 rings (SSSR count). The second-order valence-corrected chi connectivity index (χ2v) is 12.8. The third kappa shape index (κ3) is 6.27. The maximum atomic E-state index is 13.5. The number of rotatable bonds is 7. The van der Waals surface area contributed by atoms with E-state index < -0.39 is 0 Å². The van der Waals surface area contributed by atoms with Crippen LogP contribution in [0.5, 0.6) is 0 Å². The molecular weight excluding hydrogens is 492 g/mol. The normalized spacial score (nSPS) is 17.7. The highest BCUT2D eigenvalue weighted by atomic mass is 32.2. The molecule has 0 bridgehead atoms. The van der Waals surface area contributed by atoms with E-state index in [-0.39, 0.29) is 17.5 Å². The van der Waals surface area contributed by atoms with Gasteiger partial charge in [-0.2, -0.15) is 0 Å². The van der Waals surface area contributed by atoms with E-state index in [1.807, 2.05) is 12.3 Å². The Kier molecular flexibility index (Phi) is 8.46. The quantitative estimate of drug-likeness (QED) is 0.323. The molecule has 2 fully saturated rings. The van der Waals surface area contributed by atoms with Crippen molar-refractivity contribution in [3.05, 3.63) is 47.8 Å². The molecule has 1 aromatic carbocycles. The Morgan fingerprint density at radius 2 is 1.87 bits per heavy atom. The fourth-order valence-corrected chi connectivity index (χ4v) is 6.54. The summed E-state index contributed by atoms with van der Waals surface area (Å²) in [6.07, 6.45) is 10.1. The van der Waals surface area contributed by atoms with Crippen LogP contribution in [0.2, 0.25) is 0 Å². The third-order valence-electron chi connectivity index (χ3n) is 7.81. The number of carbonyl (C=O) groups is 1. The van der Waals surface area contributed by atoms with Crippen molar-refractivity contribution in [2.75, 3.05) is 13.2 Å². The predicted octanol–water partition coefficient (Wildman–Crippen LogP) is 6.90. The molecule has 1 amide bonds. The standard InChI is InChI=1S/C31H42N4O2S/c1-21-26(30(36)33-23-14-17-37-18-15-23)19-27(35(21)20-22-9-6-5-7-10-22)24-12-13-28(38-34-31(2,3)4)25-11-8-16-32-29(24)25/h8,11-13,16,19,22-23,34H,5-7,9-10,14-15,17-18,20H2,1-4H3,(H,33,36). The van der Waals surface area contributed by atoms with Gasteiger partial charge in [0.2, 0.25) is 0 Å². The maximum absolute atomic E-state index is 13.5. The summed E-state index contributed by atoms with van der Waals surface area (Å²) in [5.74, 6) is 0.668. The zero-order valence-electron chi connectivity index (χ0n) is 23.3. The van der Waals surface area contributed by atoms with Gasteiger partial charge < -0.3 is 14.6 Å². The van der Waals surface area contributed by atoms with E-state index >= 15 is 0 Å². The molecule has 1 saturated heterocycles. The third-order valence-corrected chi connectivity index (χ3v) is 9.10. The molecule has 2 aliphatic rings. The van der Waals surface area contributed by atoms with Gasteiger partial charge in [0.25, 0.3) is 5.91 Å². The van der Waals surface area contributed by atoms with Crippen molar-refractivity contribution in [1.29, 1.82) is 0 Å². The highest BCUT2D eigenvalue weighted by Crippen LogP contribution is 2.37. The summed E-state index contributed by atoms with van der Waals surface area (Å²) in [6.45, 7) is 11.0. The molecular formula is C31H42N4O2S. The Morgan fingerprint density at radius 1 is 1.11 bits per heavy atom. The summed E-state index contributed by atoms with van der Waals surface area (Å²) < 4.78 is 11.4. The SMILES string of the molecule is Cc1c(C(=O)NC2CCOCC2)cc(-c2ccc(SNC(C)(C)C)c3cccnc23)n1CC1CCCCC1. The highest BCUT2D eigenvalue weighted by Gasteiger charge is 2.25. The van der Waals surface area contributed by atoms with Crippen molar-refractivity contribution in [3.8, 4) is 11.3 Å². The molecule has 0 spiro atoms. The number of carbonyl (C=O) groups excluding carboxylic acids is 1. The van der Waals surface area contributed by atoms with E-state index in [9.17, 15) is 4.79 Å². The lowest BCUT2D eigenvalue weighted by molar-refractivity contribution is 0.0696. The van der Waals surface area contributed by atoms with Crippen molar-refractivity contribution < 1.29 is 9.53 Å². The fraction of sp³-hybridized carbons (Fsp3) is 0.548. The largest absolute Gasteiger partial charge is 0.381 e. The first-order chi connectivity index (χ1) is 18.3. The molecule has 1 aliphatic heterocycles. The van der Waals surface area contributed by atoms with Gasteiger partial charge in [-0.15, -0.1) is 0 Å².